The summed E-state index contributed by atoms with van der Waals surface area (Å²) < 4.78 is 18.1. The van der Waals surface area contributed by atoms with Gasteiger partial charge in [0.1, 0.15) is 11.6 Å². The molecule has 0 heterocycles. The standard InChI is InChI=1S/C22H22FNO4/c23-19-8-3-6-18(15-19)5-1-2-9-21(25)24-14-4-7-17-10-12-20(13-11-17)28-16-22(26)27/h3,6,8,10-13,15H,1-2,5,9,14,16H2,(H,24,25)(H,26,27). The molecule has 2 rings (SSSR count). The summed E-state index contributed by atoms with van der Waals surface area (Å²) in [7, 11) is 0. The molecule has 0 atom stereocenters. The minimum atomic E-state index is -1.03. The lowest BCUT2D eigenvalue weighted by molar-refractivity contribution is -0.139. The number of rotatable bonds is 9. The molecule has 0 saturated heterocycles. The highest BCUT2D eigenvalue weighted by Gasteiger charge is 2.01. The van der Waals surface area contributed by atoms with E-state index in [1.165, 1.54) is 12.1 Å². The van der Waals surface area contributed by atoms with Crippen LogP contribution in [0.4, 0.5) is 4.39 Å². The molecule has 0 spiro atoms. The lowest BCUT2D eigenvalue weighted by Gasteiger charge is -2.03. The second-order valence-corrected chi connectivity index (χ2v) is 6.12. The Hall–Kier alpha value is -3.33. The average Bonchev–Trinajstić information content (AvgIpc) is 2.68. The fourth-order valence-electron chi connectivity index (χ4n) is 2.46. The summed E-state index contributed by atoms with van der Waals surface area (Å²) in [6.07, 6.45) is 2.70. The number of hydrogen-bond acceptors (Lipinski definition) is 3. The molecule has 2 aromatic carbocycles. The number of aliphatic carboxylic acids is 1. The van der Waals surface area contributed by atoms with E-state index in [0.29, 0.717) is 12.2 Å². The second kappa shape index (κ2) is 11.4. The van der Waals surface area contributed by atoms with Gasteiger partial charge in [0, 0.05) is 12.0 Å². The SMILES string of the molecule is O=C(O)COc1ccc(C#CCNC(=O)CCCCc2cccc(F)c2)cc1. The summed E-state index contributed by atoms with van der Waals surface area (Å²) in [5, 5.41) is 11.3. The molecule has 0 aromatic heterocycles. The molecule has 0 radical (unpaired) electrons. The van der Waals surface area contributed by atoms with Gasteiger partial charge in [-0.05, 0) is 61.2 Å². The van der Waals surface area contributed by atoms with Gasteiger partial charge in [0.2, 0.25) is 5.91 Å². The maximum absolute atomic E-state index is 13.1. The van der Waals surface area contributed by atoms with E-state index in [0.717, 1.165) is 30.4 Å². The molecule has 0 aliphatic heterocycles. The molecule has 0 aliphatic rings. The maximum Gasteiger partial charge on any atom is 0.341 e. The van der Waals surface area contributed by atoms with E-state index < -0.39 is 5.97 Å². The molecule has 5 nitrogen and oxygen atoms in total. The number of aryl methyl sites for hydroxylation is 1. The monoisotopic (exact) mass is 383 g/mol. The first kappa shape index (κ1) is 21.0. The van der Waals surface area contributed by atoms with Gasteiger partial charge in [-0.3, -0.25) is 4.79 Å². The fourth-order valence-corrected chi connectivity index (χ4v) is 2.46. The van der Waals surface area contributed by atoms with E-state index in [1.807, 2.05) is 6.07 Å². The number of carbonyl (C=O) groups excluding carboxylic acids is 1. The minimum Gasteiger partial charge on any atom is -0.482 e. The van der Waals surface area contributed by atoms with Gasteiger partial charge in [0.25, 0.3) is 0 Å². The Morgan fingerprint density at radius 3 is 2.61 bits per heavy atom. The molecule has 0 aliphatic carbocycles. The summed E-state index contributed by atoms with van der Waals surface area (Å²) in [6, 6.07) is 13.2. The Kier molecular flexibility index (Phi) is 8.54. The molecule has 0 fully saturated rings. The van der Waals surface area contributed by atoms with E-state index in [-0.39, 0.29) is 24.9 Å². The molecule has 0 bridgehead atoms. The lowest BCUT2D eigenvalue weighted by atomic mass is 10.1. The number of halogens is 1. The van der Waals surface area contributed by atoms with Gasteiger partial charge in [-0.25, -0.2) is 9.18 Å². The highest BCUT2D eigenvalue weighted by molar-refractivity contribution is 5.76. The van der Waals surface area contributed by atoms with Crippen LogP contribution >= 0.6 is 0 Å². The normalized spacial score (nSPS) is 9.89. The molecule has 0 unspecified atom stereocenters. The summed E-state index contributed by atoms with van der Waals surface area (Å²) in [5.74, 6) is 4.90. The van der Waals surface area contributed by atoms with Crippen LogP contribution in [0.1, 0.15) is 30.4 Å². The quantitative estimate of drug-likeness (QED) is 0.515. The zero-order chi connectivity index (χ0) is 20.2. The smallest absolute Gasteiger partial charge is 0.341 e. The first-order chi connectivity index (χ1) is 13.5. The number of ether oxygens (including phenoxy) is 1. The Balaban J connectivity index is 1.62. The molecular formula is C22H22FNO4. The predicted octanol–water partition coefficient (Wildman–Crippen LogP) is 3.17. The molecule has 2 aromatic rings. The van der Waals surface area contributed by atoms with Gasteiger partial charge >= 0.3 is 5.97 Å². The van der Waals surface area contributed by atoms with Crippen LogP contribution in [0.15, 0.2) is 48.5 Å². The Labute approximate surface area is 163 Å². The van der Waals surface area contributed by atoms with Crippen molar-refractivity contribution in [1.29, 1.82) is 0 Å². The first-order valence-electron chi connectivity index (χ1n) is 8.97. The van der Waals surface area contributed by atoms with Crippen LogP contribution in [0.5, 0.6) is 5.75 Å². The highest BCUT2D eigenvalue weighted by atomic mass is 19.1. The van der Waals surface area contributed by atoms with Crippen LogP contribution in [0.2, 0.25) is 0 Å². The van der Waals surface area contributed by atoms with Crippen LogP contribution in [-0.2, 0) is 16.0 Å². The summed E-state index contributed by atoms with van der Waals surface area (Å²) >= 11 is 0. The molecule has 1 amide bonds. The van der Waals surface area contributed by atoms with E-state index in [4.69, 9.17) is 9.84 Å². The molecule has 28 heavy (non-hydrogen) atoms. The second-order valence-electron chi connectivity index (χ2n) is 6.12. The number of carbonyl (C=O) groups is 2. The van der Waals surface area contributed by atoms with Crippen molar-refractivity contribution in [2.45, 2.75) is 25.7 Å². The van der Waals surface area contributed by atoms with Gasteiger partial charge in [0.05, 0.1) is 6.54 Å². The average molecular weight is 383 g/mol. The van der Waals surface area contributed by atoms with Crippen molar-refractivity contribution in [2.24, 2.45) is 0 Å². The van der Waals surface area contributed by atoms with Crippen LogP contribution in [0.25, 0.3) is 0 Å². The van der Waals surface area contributed by atoms with Crippen molar-refractivity contribution in [3.63, 3.8) is 0 Å². The third kappa shape index (κ3) is 8.37. The van der Waals surface area contributed by atoms with Crippen LogP contribution in [-0.4, -0.2) is 30.1 Å². The lowest BCUT2D eigenvalue weighted by Crippen LogP contribution is -2.23. The van der Waals surface area contributed by atoms with Crippen LogP contribution in [0.3, 0.4) is 0 Å². The Morgan fingerprint density at radius 1 is 1.11 bits per heavy atom. The van der Waals surface area contributed by atoms with Gasteiger partial charge in [-0.15, -0.1) is 0 Å². The Bertz CT molecular complexity index is 853. The van der Waals surface area contributed by atoms with Crippen molar-refractivity contribution in [3.05, 3.63) is 65.5 Å². The molecule has 2 N–H and O–H groups in total. The van der Waals surface area contributed by atoms with E-state index in [9.17, 15) is 14.0 Å². The van der Waals surface area contributed by atoms with E-state index in [2.05, 4.69) is 17.2 Å². The minimum absolute atomic E-state index is 0.0639. The van der Waals surface area contributed by atoms with E-state index >= 15 is 0 Å². The summed E-state index contributed by atoms with van der Waals surface area (Å²) in [5.41, 5.74) is 1.68. The third-order valence-corrected chi connectivity index (χ3v) is 3.83. The predicted molar refractivity (Wildman–Crippen MR) is 103 cm³/mol. The number of unbranched alkanes of at least 4 members (excludes halogenated alkanes) is 1. The van der Waals surface area contributed by atoms with Crippen molar-refractivity contribution in [1.82, 2.24) is 5.32 Å². The van der Waals surface area contributed by atoms with Crippen LogP contribution < -0.4 is 10.1 Å². The zero-order valence-corrected chi connectivity index (χ0v) is 15.4. The molecular weight excluding hydrogens is 361 g/mol. The fraction of sp³-hybridized carbons (Fsp3) is 0.273. The molecule has 146 valence electrons. The number of hydrogen-bond donors (Lipinski definition) is 2. The van der Waals surface area contributed by atoms with Gasteiger partial charge < -0.3 is 15.2 Å². The van der Waals surface area contributed by atoms with Gasteiger partial charge in [-0.1, -0.05) is 24.0 Å². The number of carboxylic acid groups (broad SMARTS) is 1. The Morgan fingerprint density at radius 2 is 1.89 bits per heavy atom. The van der Waals surface area contributed by atoms with Crippen molar-refractivity contribution < 1.29 is 23.8 Å². The molecule has 6 heteroatoms. The number of carboxylic acids is 1. The third-order valence-electron chi connectivity index (χ3n) is 3.83. The number of benzene rings is 2. The topological polar surface area (TPSA) is 75.6 Å². The summed E-state index contributed by atoms with van der Waals surface area (Å²) in [4.78, 5) is 22.2. The first-order valence-corrected chi connectivity index (χ1v) is 8.97. The number of amides is 1. The van der Waals surface area contributed by atoms with Crippen molar-refractivity contribution in [2.75, 3.05) is 13.2 Å². The van der Waals surface area contributed by atoms with Gasteiger partial charge in [0.15, 0.2) is 6.61 Å². The van der Waals surface area contributed by atoms with Crippen LogP contribution in [0, 0.1) is 17.7 Å². The highest BCUT2D eigenvalue weighted by Crippen LogP contribution is 2.11. The van der Waals surface area contributed by atoms with Crippen molar-refractivity contribution in [3.8, 4) is 17.6 Å². The zero-order valence-electron chi connectivity index (χ0n) is 15.4. The van der Waals surface area contributed by atoms with Crippen molar-refractivity contribution >= 4 is 11.9 Å². The number of nitrogens with one attached hydrogen (secondary N) is 1. The largest absolute Gasteiger partial charge is 0.482 e. The molecule has 0 saturated carbocycles. The van der Waals surface area contributed by atoms with Gasteiger partial charge in [-0.2, -0.15) is 0 Å². The maximum atomic E-state index is 13.1. The summed E-state index contributed by atoms with van der Waals surface area (Å²) in [6.45, 7) is -0.140. The van der Waals surface area contributed by atoms with E-state index in [1.54, 1.807) is 30.3 Å².